The molecular formula is C11H11BrN2O2. The van der Waals surface area contributed by atoms with Crippen LogP contribution in [0.25, 0.3) is 0 Å². The number of hydrogen-bond donors (Lipinski definition) is 1. The van der Waals surface area contributed by atoms with Gasteiger partial charge in [0.05, 0.1) is 17.1 Å². The summed E-state index contributed by atoms with van der Waals surface area (Å²) in [6.07, 6.45) is -0.153. The van der Waals surface area contributed by atoms with Gasteiger partial charge in [0, 0.05) is 11.8 Å². The molecule has 1 amide bonds. The minimum atomic E-state index is -0.327. The zero-order valence-electron chi connectivity index (χ0n) is 8.79. The van der Waals surface area contributed by atoms with Crippen LogP contribution in [0.4, 0.5) is 5.69 Å². The van der Waals surface area contributed by atoms with E-state index < -0.39 is 0 Å². The summed E-state index contributed by atoms with van der Waals surface area (Å²) < 4.78 is 6.18. The molecule has 0 spiro atoms. The average Bonchev–Trinajstić information content (AvgIpc) is 2.24. The lowest BCUT2D eigenvalue weighted by atomic mass is 10.3. The van der Waals surface area contributed by atoms with E-state index >= 15 is 0 Å². The fourth-order valence-electron chi connectivity index (χ4n) is 1.12. The smallest absolute Gasteiger partial charge is 0.238 e. The molecule has 0 fully saturated rings. The lowest BCUT2D eigenvalue weighted by molar-refractivity contribution is -0.115. The first kappa shape index (κ1) is 12.5. The first-order valence-corrected chi connectivity index (χ1v) is 5.55. The van der Waals surface area contributed by atoms with Crippen LogP contribution in [0.2, 0.25) is 0 Å². The Kier molecular flexibility index (Phi) is 4.80. The van der Waals surface area contributed by atoms with E-state index in [1.807, 2.05) is 6.92 Å². The van der Waals surface area contributed by atoms with Crippen LogP contribution >= 0.6 is 15.9 Å². The fraction of sp³-hybridized carbons (Fsp3) is 0.273. The molecule has 5 heteroatoms. The second kappa shape index (κ2) is 6.13. The van der Waals surface area contributed by atoms with Crippen molar-refractivity contribution in [3.63, 3.8) is 0 Å². The lowest BCUT2D eigenvalue weighted by Gasteiger charge is -2.08. The first-order valence-electron chi connectivity index (χ1n) is 4.76. The number of carbonyl (C=O) groups excluding carboxylic acids is 1. The third-order valence-corrected chi connectivity index (χ3v) is 2.41. The van der Waals surface area contributed by atoms with Crippen molar-refractivity contribution in [2.75, 3.05) is 11.9 Å². The highest BCUT2D eigenvalue weighted by Crippen LogP contribution is 2.28. The molecule has 0 aliphatic heterocycles. The molecule has 1 N–H and O–H groups in total. The summed E-state index contributed by atoms with van der Waals surface area (Å²) in [5.41, 5.74) is 0.618. The van der Waals surface area contributed by atoms with E-state index in [1.165, 1.54) is 0 Å². The van der Waals surface area contributed by atoms with Crippen molar-refractivity contribution in [2.45, 2.75) is 13.3 Å². The van der Waals surface area contributed by atoms with Gasteiger partial charge < -0.3 is 10.1 Å². The molecule has 0 aliphatic carbocycles. The van der Waals surface area contributed by atoms with Gasteiger partial charge in [0.1, 0.15) is 12.2 Å². The number of nitrogens with zero attached hydrogens (tertiary/aromatic N) is 1. The molecule has 1 aromatic rings. The van der Waals surface area contributed by atoms with E-state index in [0.717, 1.165) is 4.47 Å². The zero-order valence-corrected chi connectivity index (χ0v) is 10.4. The molecule has 0 aromatic heterocycles. The third-order valence-electron chi connectivity index (χ3n) is 1.75. The second-order valence-corrected chi connectivity index (χ2v) is 3.82. The number of hydrogen-bond acceptors (Lipinski definition) is 3. The molecule has 0 aliphatic rings. The number of anilines is 1. The number of halogens is 1. The van der Waals surface area contributed by atoms with Crippen LogP contribution in [0, 0.1) is 11.3 Å². The van der Waals surface area contributed by atoms with Gasteiger partial charge in [-0.15, -0.1) is 0 Å². The molecule has 0 saturated heterocycles. The molecule has 0 radical (unpaired) electrons. The van der Waals surface area contributed by atoms with Gasteiger partial charge in [-0.05, 0) is 35.0 Å². The number of nitriles is 1. The summed E-state index contributed by atoms with van der Waals surface area (Å²) in [6, 6.07) is 7.02. The summed E-state index contributed by atoms with van der Waals surface area (Å²) in [5, 5.41) is 11.0. The highest BCUT2D eigenvalue weighted by Gasteiger charge is 2.05. The molecule has 1 rings (SSSR count). The fourth-order valence-corrected chi connectivity index (χ4v) is 1.49. The predicted octanol–water partition coefficient (Wildman–Crippen LogP) is 2.70. The van der Waals surface area contributed by atoms with Crippen LogP contribution in [0.5, 0.6) is 5.75 Å². The molecule has 4 nitrogen and oxygen atoms in total. The SMILES string of the molecule is CCOc1cc(NC(=O)CC#N)ccc1Br. The van der Waals surface area contributed by atoms with Gasteiger partial charge in [-0.2, -0.15) is 5.26 Å². The monoisotopic (exact) mass is 282 g/mol. The molecule has 1 aromatic carbocycles. The molecular weight excluding hydrogens is 272 g/mol. The van der Waals surface area contributed by atoms with Crippen LogP contribution in [0.15, 0.2) is 22.7 Å². The number of carbonyl (C=O) groups is 1. The number of benzene rings is 1. The normalized spacial score (nSPS) is 9.31. The molecule has 0 unspecified atom stereocenters. The molecule has 84 valence electrons. The van der Waals surface area contributed by atoms with Crippen molar-refractivity contribution < 1.29 is 9.53 Å². The van der Waals surface area contributed by atoms with Gasteiger partial charge in [0.2, 0.25) is 5.91 Å². The number of ether oxygens (including phenoxy) is 1. The number of amides is 1. The summed E-state index contributed by atoms with van der Waals surface area (Å²) in [7, 11) is 0. The van der Waals surface area contributed by atoms with Gasteiger partial charge >= 0.3 is 0 Å². The Morgan fingerprint density at radius 2 is 2.38 bits per heavy atom. The van der Waals surface area contributed by atoms with Crippen molar-refractivity contribution in [3.8, 4) is 11.8 Å². The highest BCUT2D eigenvalue weighted by atomic mass is 79.9. The first-order chi connectivity index (χ1) is 7.67. The van der Waals surface area contributed by atoms with E-state index in [0.29, 0.717) is 18.0 Å². The van der Waals surface area contributed by atoms with Crippen LogP contribution < -0.4 is 10.1 Å². The average molecular weight is 283 g/mol. The largest absolute Gasteiger partial charge is 0.493 e. The highest BCUT2D eigenvalue weighted by molar-refractivity contribution is 9.10. The molecule has 0 atom stereocenters. The van der Waals surface area contributed by atoms with Gasteiger partial charge in [-0.3, -0.25) is 4.79 Å². The molecule has 0 bridgehead atoms. The molecule has 16 heavy (non-hydrogen) atoms. The van der Waals surface area contributed by atoms with Gasteiger partial charge in [0.25, 0.3) is 0 Å². The molecule has 0 heterocycles. The van der Waals surface area contributed by atoms with Crippen LogP contribution in [0.3, 0.4) is 0 Å². The summed E-state index contributed by atoms with van der Waals surface area (Å²) in [4.78, 5) is 11.2. The maximum atomic E-state index is 11.2. The number of nitrogens with one attached hydrogen (secondary N) is 1. The van der Waals surface area contributed by atoms with Crippen molar-refractivity contribution >= 4 is 27.5 Å². The quantitative estimate of drug-likeness (QED) is 0.924. The summed E-state index contributed by atoms with van der Waals surface area (Å²) >= 11 is 3.34. The Bertz CT molecular complexity index is 426. The van der Waals surface area contributed by atoms with Gasteiger partial charge in [0.15, 0.2) is 0 Å². The van der Waals surface area contributed by atoms with Crippen molar-refractivity contribution in [1.29, 1.82) is 5.26 Å². The van der Waals surface area contributed by atoms with Crippen LogP contribution in [-0.4, -0.2) is 12.5 Å². The maximum Gasteiger partial charge on any atom is 0.238 e. The predicted molar refractivity (Wildman–Crippen MR) is 64.2 cm³/mol. The van der Waals surface area contributed by atoms with Crippen LogP contribution in [-0.2, 0) is 4.79 Å². The summed E-state index contributed by atoms with van der Waals surface area (Å²) in [5.74, 6) is 0.338. The van der Waals surface area contributed by atoms with E-state index in [1.54, 1.807) is 24.3 Å². The Labute approximate surface area is 102 Å². The lowest BCUT2D eigenvalue weighted by Crippen LogP contribution is -2.10. The Balaban J connectivity index is 2.78. The molecule has 0 saturated carbocycles. The Morgan fingerprint density at radius 3 is 3.00 bits per heavy atom. The maximum absolute atomic E-state index is 11.2. The minimum Gasteiger partial charge on any atom is -0.493 e. The van der Waals surface area contributed by atoms with Crippen molar-refractivity contribution in [3.05, 3.63) is 22.7 Å². The van der Waals surface area contributed by atoms with Crippen molar-refractivity contribution in [1.82, 2.24) is 0 Å². The Hall–Kier alpha value is -1.54. The van der Waals surface area contributed by atoms with Gasteiger partial charge in [-0.1, -0.05) is 0 Å². The van der Waals surface area contributed by atoms with Crippen LogP contribution in [0.1, 0.15) is 13.3 Å². The van der Waals surface area contributed by atoms with E-state index in [2.05, 4.69) is 21.2 Å². The Morgan fingerprint density at radius 1 is 1.62 bits per heavy atom. The van der Waals surface area contributed by atoms with Gasteiger partial charge in [-0.25, -0.2) is 0 Å². The topological polar surface area (TPSA) is 62.1 Å². The van der Waals surface area contributed by atoms with Crippen molar-refractivity contribution in [2.24, 2.45) is 0 Å². The summed E-state index contributed by atoms with van der Waals surface area (Å²) in [6.45, 7) is 2.43. The second-order valence-electron chi connectivity index (χ2n) is 2.96. The number of rotatable bonds is 4. The van der Waals surface area contributed by atoms with E-state index in [9.17, 15) is 4.79 Å². The standard InChI is InChI=1S/C11H11BrN2O2/c1-2-16-10-7-8(3-4-9(10)12)14-11(15)5-6-13/h3-4,7H,2,5H2,1H3,(H,14,15). The third kappa shape index (κ3) is 3.55. The minimum absolute atomic E-state index is 0.153. The van der Waals surface area contributed by atoms with E-state index in [4.69, 9.17) is 10.00 Å². The zero-order chi connectivity index (χ0) is 12.0. The van der Waals surface area contributed by atoms with E-state index in [-0.39, 0.29) is 12.3 Å².